The van der Waals surface area contributed by atoms with Gasteiger partial charge in [-0.25, -0.2) is 0 Å². The van der Waals surface area contributed by atoms with Gasteiger partial charge in [0, 0.05) is 0 Å². The Morgan fingerprint density at radius 2 is 1.23 bits per heavy atom. The van der Waals surface area contributed by atoms with Gasteiger partial charge in [0.2, 0.25) is 0 Å². The SMILES string of the molecule is CCCC/C=C/C=C\CCCCC. The van der Waals surface area contributed by atoms with Crippen LogP contribution in [-0.4, -0.2) is 0 Å². The van der Waals surface area contributed by atoms with Gasteiger partial charge in [-0.05, 0) is 19.3 Å². The van der Waals surface area contributed by atoms with Crippen LogP contribution in [0.25, 0.3) is 0 Å². The van der Waals surface area contributed by atoms with Crippen LogP contribution in [-0.2, 0) is 0 Å². The first-order chi connectivity index (χ1) is 6.41. The molecule has 13 heavy (non-hydrogen) atoms. The standard InChI is InChI=1S/C13H24/c1-3-5-7-9-11-13-12-10-8-6-4-2/h9,11-13H,3-8,10H2,1-2H3/b11-9+,13-12-. The van der Waals surface area contributed by atoms with E-state index in [9.17, 15) is 0 Å². The average molecular weight is 180 g/mol. The third kappa shape index (κ3) is 11.5. The maximum absolute atomic E-state index is 2.28. The summed E-state index contributed by atoms with van der Waals surface area (Å²) in [5.41, 5.74) is 0. The molecule has 0 atom stereocenters. The quantitative estimate of drug-likeness (QED) is 0.369. The fraction of sp³-hybridized carbons (Fsp3) is 0.692. The third-order valence-corrected chi connectivity index (χ3v) is 2.08. The van der Waals surface area contributed by atoms with Gasteiger partial charge < -0.3 is 0 Å². The van der Waals surface area contributed by atoms with E-state index >= 15 is 0 Å². The van der Waals surface area contributed by atoms with E-state index in [4.69, 9.17) is 0 Å². The lowest BCUT2D eigenvalue weighted by Gasteiger charge is -1.90. The van der Waals surface area contributed by atoms with E-state index in [1.807, 2.05) is 0 Å². The molecule has 0 aliphatic carbocycles. The number of unbranched alkanes of at least 4 members (excludes halogenated alkanes) is 5. The van der Waals surface area contributed by atoms with Crippen molar-refractivity contribution in [1.82, 2.24) is 0 Å². The molecule has 0 spiro atoms. The van der Waals surface area contributed by atoms with Crippen LogP contribution in [0.1, 0.15) is 58.8 Å². The van der Waals surface area contributed by atoms with E-state index in [0.717, 1.165) is 0 Å². The third-order valence-electron chi connectivity index (χ3n) is 2.08. The van der Waals surface area contributed by atoms with Crippen molar-refractivity contribution >= 4 is 0 Å². The zero-order chi connectivity index (χ0) is 9.78. The van der Waals surface area contributed by atoms with Gasteiger partial charge in [0.15, 0.2) is 0 Å². The molecule has 0 nitrogen and oxygen atoms in total. The van der Waals surface area contributed by atoms with Crippen molar-refractivity contribution in [1.29, 1.82) is 0 Å². The minimum atomic E-state index is 1.23. The highest BCUT2D eigenvalue weighted by Gasteiger charge is 1.80. The topological polar surface area (TPSA) is 0 Å². The molecule has 0 aromatic heterocycles. The molecule has 0 rings (SSSR count). The second-order valence-corrected chi connectivity index (χ2v) is 3.49. The van der Waals surface area contributed by atoms with E-state index < -0.39 is 0 Å². The van der Waals surface area contributed by atoms with Crippen LogP contribution in [0.3, 0.4) is 0 Å². The summed E-state index contributed by atoms with van der Waals surface area (Å²) in [6.45, 7) is 4.47. The first-order valence-corrected chi connectivity index (χ1v) is 5.73. The molecule has 0 heteroatoms. The Balaban J connectivity index is 3.15. The van der Waals surface area contributed by atoms with Gasteiger partial charge in [-0.2, -0.15) is 0 Å². The van der Waals surface area contributed by atoms with Gasteiger partial charge in [-0.3, -0.25) is 0 Å². The summed E-state index contributed by atoms with van der Waals surface area (Å²) in [6.07, 6.45) is 18.0. The van der Waals surface area contributed by atoms with E-state index in [-0.39, 0.29) is 0 Å². The molecular weight excluding hydrogens is 156 g/mol. The summed E-state index contributed by atoms with van der Waals surface area (Å²) < 4.78 is 0. The highest BCUT2D eigenvalue weighted by atomic mass is 13.9. The molecule has 0 saturated heterocycles. The van der Waals surface area contributed by atoms with E-state index in [1.165, 1.54) is 44.9 Å². The smallest absolute Gasteiger partial charge is 0.0348 e. The maximum Gasteiger partial charge on any atom is -0.0348 e. The Labute approximate surface area is 83.7 Å². The van der Waals surface area contributed by atoms with Crippen molar-refractivity contribution in [3.63, 3.8) is 0 Å². The van der Waals surface area contributed by atoms with Crippen LogP contribution in [0.4, 0.5) is 0 Å². The Morgan fingerprint density at radius 3 is 1.77 bits per heavy atom. The summed E-state index contributed by atoms with van der Waals surface area (Å²) in [5.74, 6) is 0. The van der Waals surface area contributed by atoms with Gasteiger partial charge in [-0.15, -0.1) is 0 Å². The van der Waals surface area contributed by atoms with Gasteiger partial charge in [0.25, 0.3) is 0 Å². The minimum absolute atomic E-state index is 1.23. The summed E-state index contributed by atoms with van der Waals surface area (Å²) in [7, 11) is 0. The van der Waals surface area contributed by atoms with Crippen molar-refractivity contribution in [3.05, 3.63) is 24.3 Å². The van der Waals surface area contributed by atoms with E-state index in [2.05, 4.69) is 38.2 Å². The molecule has 0 heterocycles. The summed E-state index contributed by atoms with van der Waals surface area (Å²) in [4.78, 5) is 0. The lowest BCUT2D eigenvalue weighted by atomic mass is 10.2. The first kappa shape index (κ1) is 12.5. The maximum atomic E-state index is 2.28. The zero-order valence-electron chi connectivity index (χ0n) is 9.26. The summed E-state index contributed by atoms with van der Waals surface area (Å²) in [5, 5.41) is 0. The molecule has 0 bridgehead atoms. The van der Waals surface area contributed by atoms with Crippen LogP contribution >= 0.6 is 0 Å². The average Bonchev–Trinajstić information content (AvgIpc) is 2.16. The predicted molar refractivity (Wildman–Crippen MR) is 61.9 cm³/mol. The lowest BCUT2D eigenvalue weighted by Crippen LogP contribution is -1.70. The van der Waals surface area contributed by atoms with Crippen molar-refractivity contribution in [2.24, 2.45) is 0 Å². The van der Waals surface area contributed by atoms with Gasteiger partial charge in [-0.1, -0.05) is 63.8 Å². The Morgan fingerprint density at radius 1 is 0.692 bits per heavy atom. The van der Waals surface area contributed by atoms with Crippen LogP contribution < -0.4 is 0 Å². The van der Waals surface area contributed by atoms with Gasteiger partial charge in [0.05, 0.1) is 0 Å². The molecule has 0 unspecified atom stereocenters. The number of hydrogen-bond acceptors (Lipinski definition) is 0. The molecule has 0 fully saturated rings. The molecule has 0 N–H and O–H groups in total. The predicted octanol–water partition coefficient (Wildman–Crippen LogP) is 4.87. The van der Waals surface area contributed by atoms with E-state index in [1.54, 1.807) is 0 Å². The molecule has 0 aliphatic heterocycles. The van der Waals surface area contributed by atoms with E-state index in [0.29, 0.717) is 0 Å². The molecule has 0 amide bonds. The Bertz CT molecular complexity index is 131. The lowest BCUT2D eigenvalue weighted by molar-refractivity contribution is 0.729. The van der Waals surface area contributed by atoms with Crippen LogP contribution in [0.2, 0.25) is 0 Å². The normalized spacial score (nSPS) is 11.8. The fourth-order valence-electron chi connectivity index (χ4n) is 1.18. The fourth-order valence-corrected chi connectivity index (χ4v) is 1.18. The second-order valence-electron chi connectivity index (χ2n) is 3.49. The molecule has 0 aromatic carbocycles. The molecular formula is C13H24. The van der Waals surface area contributed by atoms with Crippen molar-refractivity contribution in [2.75, 3.05) is 0 Å². The minimum Gasteiger partial charge on any atom is -0.0845 e. The summed E-state index contributed by atoms with van der Waals surface area (Å²) in [6, 6.07) is 0. The first-order valence-electron chi connectivity index (χ1n) is 5.73. The Hall–Kier alpha value is -0.520. The molecule has 0 aliphatic rings. The molecule has 0 radical (unpaired) electrons. The molecule has 76 valence electrons. The van der Waals surface area contributed by atoms with Crippen molar-refractivity contribution in [3.8, 4) is 0 Å². The van der Waals surface area contributed by atoms with Crippen LogP contribution in [0.15, 0.2) is 24.3 Å². The van der Waals surface area contributed by atoms with Gasteiger partial charge in [0.1, 0.15) is 0 Å². The summed E-state index contributed by atoms with van der Waals surface area (Å²) >= 11 is 0. The van der Waals surface area contributed by atoms with Crippen LogP contribution in [0.5, 0.6) is 0 Å². The van der Waals surface area contributed by atoms with Gasteiger partial charge >= 0.3 is 0 Å². The van der Waals surface area contributed by atoms with Crippen molar-refractivity contribution in [2.45, 2.75) is 58.8 Å². The highest BCUT2D eigenvalue weighted by Crippen LogP contribution is 2.00. The van der Waals surface area contributed by atoms with Crippen LogP contribution in [0, 0.1) is 0 Å². The number of allylic oxidation sites excluding steroid dienone is 4. The largest absolute Gasteiger partial charge is 0.0845 e. The molecule has 0 saturated carbocycles. The highest BCUT2D eigenvalue weighted by molar-refractivity contribution is 5.02. The Kier molecular flexibility index (Phi) is 11.0. The molecule has 0 aromatic rings. The zero-order valence-corrected chi connectivity index (χ0v) is 9.26. The second kappa shape index (κ2) is 11.5. The monoisotopic (exact) mass is 180 g/mol. The number of rotatable bonds is 8. The number of hydrogen-bond donors (Lipinski definition) is 0. The van der Waals surface area contributed by atoms with Crippen molar-refractivity contribution < 1.29 is 0 Å².